The second-order valence-corrected chi connectivity index (χ2v) is 4.78. The fourth-order valence-electron chi connectivity index (χ4n) is 1.34. The van der Waals surface area contributed by atoms with Crippen LogP contribution in [0.25, 0.3) is 0 Å². The average Bonchev–Trinajstić information content (AvgIpc) is 2.38. The first-order chi connectivity index (χ1) is 9.36. The summed E-state index contributed by atoms with van der Waals surface area (Å²) in [5.41, 5.74) is 2.39. The van der Waals surface area contributed by atoms with E-state index >= 15 is 0 Å². The van der Waals surface area contributed by atoms with E-state index in [9.17, 15) is 9.59 Å². The molecule has 8 heteroatoms. The molecular formula is C12H15Cl2N3O3. The van der Waals surface area contributed by atoms with E-state index in [1.165, 1.54) is 18.4 Å². The number of hydrogen-bond acceptors (Lipinski definition) is 5. The number of carbonyl (C=O) groups is 2. The number of rotatable bonds is 4. The number of amides is 1. The Balaban J connectivity index is 3.04. The summed E-state index contributed by atoms with van der Waals surface area (Å²) in [5, 5.41) is 1.26. The van der Waals surface area contributed by atoms with E-state index in [0.29, 0.717) is 0 Å². The molecule has 0 spiro atoms. The van der Waals surface area contributed by atoms with Crippen LogP contribution in [-0.2, 0) is 14.3 Å². The third kappa shape index (κ3) is 4.18. The molecule has 1 aliphatic rings. The third-order valence-electron chi connectivity index (χ3n) is 2.12. The summed E-state index contributed by atoms with van der Waals surface area (Å²) in [7, 11) is 3.36. The molecule has 0 saturated carbocycles. The van der Waals surface area contributed by atoms with Crippen LogP contribution in [-0.4, -0.2) is 42.5 Å². The van der Waals surface area contributed by atoms with Crippen LogP contribution in [0.3, 0.4) is 0 Å². The Labute approximate surface area is 127 Å². The van der Waals surface area contributed by atoms with Crippen molar-refractivity contribution in [3.63, 3.8) is 0 Å². The van der Waals surface area contributed by atoms with E-state index in [1.807, 2.05) is 0 Å². The molecule has 1 aliphatic heterocycles. The fourth-order valence-corrected chi connectivity index (χ4v) is 1.67. The van der Waals surface area contributed by atoms with Gasteiger partial charge in [-0.15, -0.1) is 0 Å². The number of allylic oxidation sites excluding steroid dienone is 2. The van der Waals surface area contributed by atoms with Crippen molar-refractivity contribution in [1.29, 1.82) is 0 Å². The SMILES string of the molecule is CCOC(=O)C(=CN(C)C)C(=O)N1NC(Cl)=CC=C1Cl. The van der Waals surface area contributed by atoms with Gasteiger partial charge in [-0.1, -0.05) is 23.2 Å². The monoisotopic (exact) mass is 319 g/mol. The van der Waals surface area contributed by atoms with Crippen LogP contribution >= 0.6 is 23.2 Å². The smallest absolute Gasteiger partial charge is 0.345 e. The highest BCUT2D eigenvalue weighted by Gasteiger charge is 2.29. The molecule has 1 amide bonds. The number of nitrogens with zero attached hydrogens (tertiary/aromatic N) is 2. The van der Waals surface area contributed by atoms with Gasteiger partial charge in [-0.3, -0.25) is 10.2 Å². The van der Waals surface area contributed by atoms with Crippen molar-refractivity contribution in [3.8, 4) is 0 Å². The number of ether oxygens (including phenoxy) is 1. The zero-order chi connectivity index (χ0) is 15.3. The number of carbonyl (C=O) groups excluding carboxylic acids is 2. The first-order valence-corrected chi connectivity index (χ1v) is 6.51. The molecule has 1 rings (SSSR count). The van der Waals surface area contributed by atoms with Crippen LogP contribution in [0.2, 0.25) is 0 Å². The van der Waals surface area contributed by atoms with Crippen molar-refractivity contribution in [1.82, 2.24) is 15.3 Å². The lowest BCUT2D eigenvalue weighted by Gasteiger charge is -2.26. The number of halogens is 2. The number of hydrazine groups is 1. The van der Waals surface area contributed by atoms with Gasteiger partial charge in [0.2, 0.25) is 0 Å². The third-order valence-corrected chi connectivity index (χ3v) is 2.62. The van der Waals surface area contributed by atoms with Gasteiger partial charge in [0.15, 0.2) is 0 Å². The molecule has 110 valence electrons. The standard InChI is InChI=1S/C12H15Cl2N3O3/c1-4-20-12(19)8(7-16(2)3)11(18)17-10(14)6-5-9(13)15-17/h5-7,15H,4H2,1-3H3. The zero-order valence-corrected chi connectivity index (χ0v) is 12.8. The quantitative estimate of drug-likeness (QED) is 0.280. The van der Waals surface area contributed by atoms with Crippen molar-refractivity contribution in [2.45, 2.75) is 6.92 Å². The summed E-state index contributed by atoms with van der Waals surface area (Å²) in [6.07, 6.45) is 4.29. The minimum atomic E-state index is -0.733. The maximum absolute atomic E-state index is 12.4. The molecular weight excluding hydrogens is 305 g/mol. The van der Waals surface area contributed by atoms with Gasteiger partial charge in [0.1, 0.15) is 15.9 Å². The molecule has 6 nitrogen and oxygen atoms in total. The van der Waals surface area contributed by atoms with Crippen molar-refractivity contribution in [3.05, 3.63) is 34.2 Å². The molecule has 1 N–H and O–H groups in total. The lowest BCUT2D eigenvalue weighted by Crippen LogP contribution is -2.43. The van der Waals surface area contributed by atoms with Gasteiger partial charge in [0.25, 0.3) is 5.91 Å². The Bertz CT molecular complexity index is 498. The Hall–Kier alpha value is -1.66. The second kappa shape index (κ2) is 7.21. The van der Waals surface area contributed by atoms with Crippen molar-refractivity contribution in [2.24, 2.45) is 0 Å². The van der Waals surface area contributed by atoms with Gasteiger partial charge in [0, 0.05) is 20.3 Å². The molecule has 0 aliphatic carbocycles. The molecule has 0 aromatic heterocycles. The summed E-state index contributed by atoms with van der Waals surface area (Å²) in [5.74, 6) is -1.40. The first kappa shape index (κ1) is 16.4. The predicted octanol–water partition coefficient (Wildman–Crippen LogP) is 1.50. The van der Waals surface area contributed by atoms with Crippen molar-refractivity contribution >= 4 is 35.1 Å². The maximum atomic E-state index is 12.4. The Morgan fingerprint density at radius 3 is 2.60 bits per heavy atom. The first-order valence-electron chi connectivity index (χ1n) is 5.76. The molecule has 0 aromatic rings. The van der Waals surface area contributed by atoms with Crippen LogP contribution in [0.5, 0.6) is 0 Å². The molecule has 0 bridgehead atoms. The summed E-state index contributed by atoms with van der Waals surface area (Å²) >= 11 is 11.7. The zero-order valence-electron chi connectivity index (χ0n) is 11.3. The Kier molecular flexibility index (Phi) is 5.91. The number of nitrogens with one attached hydrogen (secondary N) is 1. The molecule has 0 aromatic carbocycles. The van der Waals surface area contributed by atoms with Crippen molar-refractivity contribution < 1.29 is 14.3 Å². The number of hydrogen-bond donors (Lipinski definition) is 1. The average molecular weight is 320 g/mol. The minimum absolute atomic E-state index is 0.0911. The van der Waals surface area contributed by atoms with Crippen LogP contribution in [0.4, 0.5) is 0 Å². The molecule has 20 heavy (non-hydrogen) atoms. The molecule has 0 fully saturated rings. The molecule has 1 heterocycles. The van der Waals surface area contributed by atoms with E-state index in [4.69, 9.17) is 27.9 Å². The largest absolute Gasteiger partial charge is 0.462 e. The normalized spacial score (nSPS) is 15.1. The molecule has 0 unspecified atom stereocenters. The highest BCUT2D eigenvalue weighted by atomic mass is 35.5. The number of esters is 1. The summed E-state index contributed by atoms with van der Waals surface area (Å²) in [6.45, 7) is 1.82. The van der Waals surface area contributed by atoms with Gasteiger partial charge >= 0.3 is 5.97 Å². The van der Waals surface area contributed by atoms with E-state index in [-0.39, 0.29) is 22.5 Å². The topological polar surface area (TPSA) is 61.9 Å². The van der Waals surface area contributed by atoms with Crippen LogP contribution in [0.15, 0.2) is 34.2 Å². The highest BCUT2D eigenvalue weighted by Crippen LogP contribution is 2.19. The van der Waals surface area contributed by atoms with E-state index in [0.717, 1.165) is 5.01 Å². The van der Waals surface area contributed by atoms with Gasteiger partial charge in [-0.2, -0.15) is 0 Å². The van der Waals surface area contributed by atoms with E-state index in [1.54, 1.807) is 25.9 Å². The van der Waals surface area contributed by atoms with Crippen molar-refractivity contribution in [2.75, 3.05) is 20.7 Å². The minimum Gasteiger partial charge on any atom is -0.462 e. The van der Waals surface area contributed by atoms with Gasteiger partial charge < -0.3 is 9.64 Å². The molecule has 0 saturated heterocycles. The van der Waals surface area contributed by atoms with Crippen LogP contribution in [0.1, 0.15) is 6.92 Å². The molecule has 0 atom stereocenters. The van der Waals surface area contributed by atoms with Gasteiger partial charge in [0.05, 0.1) is 6.61 Å². The second-order valence-electron chi connectivity index (χ2n) is 3.98. The summed E-state index contributed by atoms with van der Waals surface area (Å²) in [6, 6.07) is 0. The predicted molar refractivity (Wildman–Crippen MR) is 76.3 cm³/mol. The summed E-state index contributed by atoms with van der Waals surface area (Å²) in [4.78, 5) is 25.8. The fraction of sp³-hybridized carbons (Fsp3) is 0.333. The lowest BCUT2D eigenvalue weighted by atomic mass is 10.2. The van der Waals surface area contributed by atoms with Crippen LogP contribution in [0, 0.1) is 0 Å². The Morgan fingerprint density at radius 1 is 1.40 bits per heavy atom. The molecule has 0 radical (unpaired) electrons. The van der Waals surface area contributed by atoms with Gasteiger partial charge in [-0.05, 0) is 19.1 Å². The van der Waals surface area contributed by atoms with Gasteiger partial charge in [-0.25, -0.2) is 9.80 Å². The summed E-state index contributed by atoms with van der Waals surface area (Å²) < 4.78 is 4.86. The Morgan fingerprint density at radius 2 is 2.05 bits per heavy atom. The van der Waals surface area contributed by atoms with Crippen LogP contribution < -0.4 is 5.43 Å². The van der Waals surface area contributed by atoms with E-state index < -0.39 is 11.9 Å². The maximum Gasteiger partial charge on any atom is 0.345 e. The lowest BCUT2D eigenvalue weighted by molar-refractivity contribution is -0.142. The van der Waals surface area contributed by atoms with E-state index in [2.05, 4.69) is 5.43 Å². The highest BCUT2D eigenvalue weighted by molar-refractivity contribution is 6.33.